The number of hydrogen-bond donors (Lipinski definition) is 0. The Hall–Kier alpha value is -0.490. The molecule has 1 aromatic heterocycles. The summed E-state index contributed by atoms with van der Waals surface area (Å²) in [6.07, 6.45) is -1.49. The van der Waals surface area contributed by atoms with Crippen LogP contribution in [0.3, 0.4) is 0 Å². The summed E-state index contributed by atoms with van der Waals surface area (Å²) in [5.41, 5.74) is -0.808. The zero-order valence-electron chi connectivity index (χ0n) is 10.1. The molecule has 2 rings (SSSR count). The van der Waals surface area contributed by atoms with Crippen molar-refractivity contribution in [1.29, 1.82) is 0 Å². The largest absolute Gasteiger partial charge is 0.417 e. The third-order valence-electron chi connectivity index (χ3n) is 3.25. The molecule has 1 atom stereocenters. The molecule has 2 heterocycles. The number of rotatable bonds is 3. The van der Waals surface area contributed by atoms with E-state index in [9.17, 15) is 13.2 Å². The molecular formula is C12H13BrClF3N2. The van der Waals surface area contributed by atoms with Gasteiger partial charge in [-0.1, -0.05) is 27.5 Å². The molecule has 1 unspecified atom stereocenters. The molecule has 106 valence electrons. The lowest BCUT2D eigenvalue weighted by Crippen LogP contribution is -2.21. The second kappa shape index (κ2) is 5.87. The van der Waals surface area contributed by atoms with Gasteiger partial charge >= 0.3 is 6.18 Å². The van der Waals surface area contributed by atoms with Gasteiger partial charge in [0.05, 0.1) is 10.6 Å². The van der Waals surface area contributed by atoms with E-state index in [1.54, 1.807) is 0 Å². The van der Waals surface area contributed by atoms with E-state index >= 15 is 0 Å². The summed E-state index contributed by atoms with van der Waals surface area (Å²) < 4.78 is 37.6. The molecule has 0 radical (unpaired) electrons. The topological polar surface area (TPSA) is 16.1 Å². The van der Waals surface area contributed by atoms with Crippen LogP contribution in [0.1, 0.15) is 18.4 Å². The maximum absolute atomic E-state index is 12.5. The second-order valence-electron chi connectivity index (χ2n) is 4.61. The number of nitrogens with zero attached hydrogens (tertiary/aromatic N) is 2. The van der Waals surface area contributed by atoms with E-state index in [1.165, 1.54) is 0 Å². The Morgan fingerprint density at radius 1 is 1.47 bits per heavy atom. The second-order valence-corrected chi connectivity index (χ2v) is 5.81. The Morgan fingerprint density at radius 3 is 2.79 bits per heavy atom. The molecule has 0 saturated carbocycles. The molecule has 2 nitrogen and oxygen atoms in total. The maximum atomic E-state index is 12.5. The number of anilines is 1. The molecule has 1 aliphatic rings. The van der Waals surface area contributed by atoms with Crippen LogP contribution in [0.5, 0.6) is 0 Å². The lowest BCUT2D eigenvalue weighted by molar-refractivity contribution is -0.137. The van der Waals surface area contributed by atoms with Gasteiger partial charge in [-0.2, -0.15) is 13.2 Å². The zero-order chi connectivity index (χ0) is 14.0. The average molecular weight is 358 g/mol. The highest BCUT2D eigenvalue weighted by atomic mass is 79.9. The predicted molar refractivity (Wildman–Crippen MR) is 73.0 cm³/mol. The Bertz CT molecular complexity index is 453. The Kier molecular flexibility index (Phi) is 4.61. The number of alkyl halides is 4. The maximum Gasteiger partial charge on any atom is 0.417 e. The highest BCUT2D eigenvalue weighted by molar-refractivity contribution is 9.09. The van der Waals surface area contributed by atoms with E-state index in [1.807, 2.05) is 4.90 Å². The number of aromatic nitrogens is 1. The molecule has 0 aromatic carbocycles. The lowest BCUT2D eigenvalue weighted by atomic mass is 10.1. The van der Waals surface area contributed by atoms with E-state index in [-0.39, 0.29) is 5.02 Å². The molecule has 19 heavy (non-hydrogen) atoms. The first-order valence-electron chi connectivity index (χ1n) is 5.95. The van der Waals surface area contributed by atoms with Crippen LogP contribution in [-0.2, 0) is 6.18 Å². The van der Waals surface area contributed by atoms with Crippen LogP contribution >= 0.6 is 27.5 Å². The average Bonchev–Trinajstić information content (AvgIpc) is 2.76. The number of halogens is 5. The van der Waals surface area contributed by atoms with Crippen molar-refractivity contribution in [2.24, 2.45) is 5.92 Å². The fourth-order valence-electron chi connectivity index (χ4n) is 2.23. The first-order valence-corrected chi connectivity index (χ1v) is 7.45. The van der Waals surface area contributed by atoms with E-state index in [4.69, 9.17) is 11.6 Å². The van der Waals surface area contributed by atoms with Gasteiger partial charge in [-0.3, -0.25) is 0 Å². The van der Waals surface area contributed by atoms with Gasteiger partial charge in [0.15, 0.2) is 0 Å². The minimum absolute atomic E-state index is 0.0642. The van der Waals surface area contributed by atoms with Crippen molar-refractivity contribution in [1.82, 2.24) is 4.98 Å². The lowest BCUT2D eigenvalue weighted by Gasteiger charge is -2.19. The summed E-state index contributed by atoms with van der Waals surface area (Å²) in [4.78, 5) is 5.84. The van der Waals surface area contributed by atoms with Crippen molar-refractivity contribution in [3.05, 3.63) is 22.8 Å². The van der Waals surface area contributed by atoms with Crippen LogP contribution in [0.2, 0.25) is 5.02 Å². The van der Waals surface area contributed by atoms with Crippen LogP contribution in [0.25, 0.3) is 0 Å². The summed E-state index contributed by atoms with van der Waals surface area (Å²) in [6, 6.07) is 0.946. The minimum atomic E-state index is -4.40. The Balaban J connectivity index is 2.14. The van der Waals surface area contributed by atoms with Gasteiger partial charge in [0, 0.05) is 24.6 Å². The highest BCUT2D eigenvalue weighted by Gasteiger charge is 2.32. The first-order chi connectivity index (χ1) is 8.91. The molecule has 1 fully saturated rings. The fraction of sp³-hybridized carbons (Fsp3) is 0.583. The predicted octanol–water partition coefficient (Wildman–Crippen LogP) is 4.37. The van der Waals surface area contributed by atoms with Crippen LogP contribution in [0, 0.1) is 5.92 Å². The molecule has 0 amide bonds. The highest BCUT2D eigenvalue weighted by Crippen LogP contribution is 2.35. The van der Waals surface area contributed by atoms with E-state index in [0.29, 0.717) is 11.7 Å². The van der Waals surface area contributed by atoms with Gasteiger partial charge < -0.3 is 4.90 Å². The fourth-order valence-corrected chi connectivity index (χ4v) is 3.17. The third-order valence-corrected chi connectivity index (χ3v) is 3.99. The monoisotopic (exact) mass is 356 g/mol. The van der Waals surface area contributed by atoms with Gasteiger partial charge in [0.1, 0.15) is 5.82 Å². The summed E-state index contributed by atoms with van der Waals surface area (Å²) in [5, 5.41) is 0.994. The van der Waals surface area contributed by atoms with Gasteiger partial charge in [-0.05, 0) is 24.8 Å². The van der Waals surface area contributed by atoms with Gasteiger partial charge in [0.25, 0.3) is 0 Å². The molecule has 0 bridgehead atoms. The van der Waals surface area contributed by atoms with Gasteiger partial charge in [-0.15, -0.1) is 0 Å². The molecule has 0 spiro atoms. The Labute approximate surface area is 123 Å². The third kappa shape index (κ3) is 3.54. The number of hydrogen-bond acceptors (Lipinski definition) is 2. The molecule has 1 saturated heterocycles. The van der Waals surface area contributed by atoms with Crippen molar-refractivity contribution in [2.45, 2.75) is 19.0 Å². The van der Waals surface area contributed by atoms with Crippen molar-refractivity contribution < 1.29 is 13.2 Å². The molecule has 0 aliphatic carbocycles. The molecule has 7 heteroatoms. The minimum Gasteiger partial charge on any atom is -0.355 e. The van der Waals surface area contributed by atoms with Gasteiger partial charge in [-0.25, -0.2) is 4.98 Å². The van der Waals surface area contributed by atoms with Crippen LogP contribution in [0.15, 0.2) is 12.3 Å². The molecule has 0 N–H and O–H groups in total. The van der Waals surface area contributed by atoms with Crippen molar-refractivity contribution in [3.63, 3.8) is 0 Å². The number of pyridine rings is 1. The smallest absolute Gasteiger partial charge is 0.355 e. The molecule has 1 aliphatic heterocycles. The Morgan fingerprint density at radius 2 is 2.21 bits per heavy atom. The quantitative estimate of drug-likeness (QED) is 0.747. The normalized spacial score (nSPS) is 20.1. The van der Waals surface area contributed by atoms with Crippen molar-refractivity contribution >= 4 is 33.3 Å². The van der Waals surface area contributed by atoms with Crippen molar-refractivity contribution in [2.75, 3.05) is 23.3 Å². The standard InChI is InChI=1S/C12H13BrClF3N2/c13-3-1-8-2-4-19(7-8)11-10(14)5-9(6-18-11)12(15,16)17/h5-6,8H,1-4,7H2. The van der Waals surface area contributed by atoms with Crippen LogP contribution < -0.4 is 4.90 Å². The van der Waals surface area contributed by atoms with E-state index in [2.05, 4.69) is 20.9 Å². The molecule has 1 aromatic rings. The summed E-state index contributed by atoms with van der Waals surface area (Å²) >= 11 is 9.32. The SMILES string of the molecule is FC(F)(F)c1cnc(N2CCC(CCBr)C2)c(Cl)c1. The van der Waals surface area contributed by atoms with Crippen LogP contribution in [0.4, 0.5) is 19.0 Å². The first kappa shape index (κ1) is 14.9. The van der Waals surface area contributed by atoms with Crippen molar-refractivity contribution in [3.8, 4) is 0 Å². The zero-order valence-corrected chi connectivity index (χ0v) is 12.4. The molecular weight excluding hydrogens is 344 g/mol. The van der Waals surface area contributed by atoms with E-state index < -0.39 is 11.7 Å². The summed E-state index contributed by atoms with van der Waals surface area (Å²) in [6.45, 7) is 1.58. The van der Waals surface area contributed by atoms with Gasteiger partial charge in [0.2, 0.25) is 0 Å². The summed E-state index contributed by atoms with van der Waals surface area (Å²) in [5.74, 6) is 0.992. The van der Waals surface area contributed by atoms with Crippen LogP contribution in [-0.4, -0.2) is 23.4 Å². The van der Waals surface area contributed by atoms with E-state index in [0.717, 1.165) is 43.5 Å². The summed E-state index contributed by atoms with van der Waals surface area (Å²) in [7, 11) is 0.